The van der Waals surface area contributed by atoms with Crippen LogP contribution in [0.3, 0.4) is 0 Å². The molecule has 1 aromatic carbocycles. The molecule has 0 spiro atoms. The summed E-state index contributed by atoms with van der Waals surface area (Å²) in [6.45, 7) is 1.73. The molecule has 1 heterocycles. The Morgan fingerprint density at radius 1 is 1.30 bits per heavy atom. The van der Waals surface area contributed by atoms with Crippen molar-refractivity contribution in [3.05, 3.63) is 42.7 Å². The Labute approximate surface area is 117 Å². The predicted octanol–water partition coefficient (Wildman–Crippen LogP) is 1.49. The molecule has 0 aliphatic rings. The van der Waals surface area contributed by atoms with Gasteiger partial charge in [0.2, 0.25) is 5.91 Å². The van der Waals surface area contributed by atoms with Crippen molar-refractivity contribution in [2.24, 2.45) is 0 Å². The number of hydrogen-bond acceptors (Lipinski definition) is 4. The molecule has 0 bridgehead atoms. The first-order chi connectivity index (χ1) is 9.38. The minimum absolute atomic E-state index is 0.218. The molecule has 0 aliphatic carbocycles. The molecule has 6 nitrogen and oxygen atoms in total. The number of anilines is 1. The molecule has 0 saturated carbocycles. The molecule has 7 heteroatoms. The van der Waals surface area contributed by atoms with Gasteiger partial charge in [0.25, 0.3) is 0 Å². The van der Waals surface area contributed by atoms with Gasteiger partial charge >= 0.3 is 0 Å². The highest BCUT2D eigenvalue weighted by molar-refractivity contribution is 7.90. The molecule has 1 unspecified atom stereocenters. The van der Waals surface area contributed by atoms with Crippen LogP contribution >= 0.6 is 0 Å². The average Bonchev–Trinajstić information content (AvgIpc) is 2.91. The van der Waals surface area contributed by atoms with Crippen molar-refractivity contribution in [2.75, 3.05) is 11.6 Å². The van der Waals surface area contributed by atoms with E-state index in [1.807, 2.05) is 0 Å². The van der Waals surface area contributed by atoms with Gasteiger partial charge in [0, 0.05) is 24.3 Å². The quantitative estimate of drug-likeness (QED) is 0.926. The topological polar surface area (TPSA) is 81.1 Å². The van der Waals surface area contributed by atoms with E-state index in [2.05, 4.69) is 10.4 Å². The fourth-order valence-electron chi connectivity index (χ4n) is 1.66. The van der Waals surface area contributed by atoms with Crippen LogP contribution in [0.1, 0.15) is 13.0 Å². The molecule has 1 amide bonds. The van der Waals surface area contributed by atoms with Crippen LogP contribution in [-0.2, 0) is 14.6 Å². The molecule has 0 radical (unpaired) electrons. The fourth-order valence-corrected chi connectivity index (χ4v) is 2.29. The molecular formula is C13H15N3O3S. The highest BCUT2D eigenvalue weighted by Gasteiger charge is 2.15. The highest BCUT2D eigenvalue weighted by Crippen LogP contribution is 2.15. The summed E-state index contributed by atoms with van der Waals surface area (Å²) < 4.78 is 24.2. The Bertz CT molecular complexity index is 691. The van der Waals surface area contributed by atoms with Crippen molar-refractivity contribution >= 4 is 21.4 Å². The number of sulfone groups is 1. The van der Waals surface area contributed by atoms with Crippen LogP contribution < -0.4 is 5.32 Å². The Morgan fingerprint density at radius 3 is 2.45 bits per heavy atom. The Morgan fingerprint density at radius 2 is 1.95 bits per heavy atom. The second kappa shape index (κ2) is 5.46. The van der Waals surface area contributed by atoms with Crippen LogP contribution in [0.15, 0.2) is 47.6 Å². The lowest BCUT2D eigenvalue weighted by molar-refractivity contribution is -0.119. The molecule has 0 saturated heterocycles. The molecule has 2 rings (SSSR count). The maximum Gasteiger partial charge on any atom is 0.248 e. The largest absolute Gasteiger partial charge is 0.324 e. The third-order valence-corrected chi connectivity index (χ3v) is 3.98. The smallest absolute Gasteiger partial charge is 0.248 e. The van der Waals surface area contributed by atoms with Gasteiger partial charge in [-0.15, -0.1) is 0 Å². The molecule has 0 aliphatic heterocycles. The normalized spacial score (nSPS) is 12.9. The maximum atomic E-state index is 12.0. The third-order valence-electron chi connectivity index (χ3n) is 2.85. The molecule has 2 aromatic rings. The van der Waals surface area contributed by atoms with E-state index in [1.54, 1.807) is 42.2 Å². The van der Waals surface area contributed by atoms with Crippen LogP contribution in [0.4, 0.5) is 5.69 Å². The lowest BCUT2D eigenvalue weighted by atomic mass is 10.2. The van der Waals surface area contributed by atoms with E-state index in [4.69, 9.17) is 0 Å². The zero-order valence-corrected chi connectivity index (χ0v) is 12.0. The Kier molecular flexibility index (Phi) is 3.89. The van der Waals surface area contributed by atoms with Gasteiger partial charge in [-0.05, 0) is 37.3 Å². The summed E-state index contributed by atoms with van der Waals surface area (Å²) in [6, 6.07) is 7.34. The average molecular weight is 293 g/mol. The number of benzene rings is 1. The summed E-state index contributed by atoms with van der Waals surface area (Å²) in [6.07, 6.45) is 4.45. The summed E-state index contributed by atoms with van der Waals surface area (Å²) in [5, 5.41) is 6.72. The van der Waals surface area contributed by atoms with Crippen molar-refractivity contribution in [1.82, 2.24) is 9.78 Å². The highest BCUT2D eigenvalue weighted by atomic mass is 32.2. The van der Waals surface area contributed by atoms with E-state index < -0.39 is 15.9 Å². The molecule has 106 valence electrons. The van der Waals surface area contributed by atoms with E-state index >= 15 is 0 Å². The third kappa shape index (κ3) is 3.24. The van der Waals surface area contributed by atoms with Crippen LogP contribution in [0.5, 0.6) is 0 Å². The zero-order chi connectivity index (χ0) is 14.8. The van der Waals surface area contributed by atoms with Gasteiger partial charge in [-0.1, -0.05) is 0 Å². The number of carbonyl (C=O) groups excluding carboxylic acids is 1. The summed E-state index contributed by atoms with van der Waals surface area (Å²) in [5.41, 5.74) is 0.543. The van der Waals surface area contributed by atoms with Gasteiger partial charge in [0.1, 0.15) is 6.04 Å². The van der Waals surface area contributed by atoms with Crippen molar-refractivity contribution in [2.45, 2.75) is 17.9 Å². The monoisotopic (exact) mass is 293 g/mol. The number of carbonyl (C=O) groups is 1. The fraction of sp³-hybridized carbons (Fsp3) is 0.231. The SMILES string of the molecule is CC(C(=O)Nc1ccc(S(C)(=O)=O)cc1)n1cccn1. The van der Waals surface area contributed by atoms with E-state index in [-0.39, 0.29) is 10.8 Å². The number of aromatic nitrogens is 2. The zero-order valence-electron chi connectivity index (χ0n) is 11.1. The standard InChI is InChI=1S/C13H15N3O3S/c1-10(16-9-3-8-14-16)13(17)15-11-4-6-12(7-5-11)20(2,18)19/h3-10H,1-2H3,(H,15,17). The van der Waals surface area contributed by atoms with Gasteiger partial charge in [-0.2, -0.15) is 5.10 Å². The molecule has 1 atom stereocenters. The second-order valence-electron chi connectivity index (χ2n) is 4.45. The van der Waals surface area contributed by atoms with Crippen molar-refractivity contribution in [3.63, 3.8) is 0 Å². The minimum atomic E-state index is -3.23. The van der Waals surface area contributed by atoms with E-state index in [0.29, 0.717) is 5.69 Å². The molecule has 0 fully saturated rings. The first kappa shape index (κ1) is 14.3. The minimum Gasteiger partial charge on any atom is -0.324 e. The number of rotatable bonds is 4. The number of nitrogens with zero attached hydrogens (tertiary/aromatic N) is 2. The van der Waals surface area contributed by atoms with Gasteiger partial charge in [-0.3, -0.25) is 9.48 Å². The van der Waals surface area contributed by atoms with Crippen LogP contribution in [0, 0.1) is 0 Å². The lowest BCUT2D eigenvalue weighted by Crippen LogP contribution is -2.23. The van der Waals surface area contributed by atoms with Crippen LogP contribution in [0.2, 0.25) is 0 Å². The number of nitrogens with one attached hydrogen (secondary N) is 1. The van der Waals surface area contributed by atoms with Gasteiger partial charge in [0.05, 0.1) is 4.90 Å². The molecule has 20 heavy (non-hydrogen) atoms. The first-order valence-corrected chi connectivity index (χ1v) is 7.87. The summed E-state index contributed by atoms with van der Waals surface area (Å²) >= 11 is 0. The predicted molar refractivity (Wildman–Crippen MR) is 75.1 cm³/mol. The first-order valence-electron chi connectivity index (χ1n) is 5.98. The summed E-state index contributed by atoms with van der Waals surface area (Å²) in [4.78, 5) is 12.2. The second-order valence-corrected chi connectivity index (χ2v) is 6.46. The van der Waals surface area contributed by atoms with Gasteiger partial charge in [0.15, 0.2) is 9.84 Å². The Balaban J connectivity index is 2.09. The summed E-state index contributed by atoms with van der Waals surface area (Å²) in [7, 11) is -3.23. The van der Waals surface area contributed by atoms with Gasteiger partial charge < -0.3 is 5.32 Å². The van der Waals surface area contributed by atoms with E-state index in [9.17, 15) is 13.2 Å². The van der Waals surface area contributed by atoms with Gasteiger partial charge in [-0.25, -0.2) is 8.42 Å². The van der Waals surface area contributed by atoms with Crippen molar-refractivity contribution in [1.29, 1.82) is 0 Å². The number of amides is 1. The van der Waals surface area contributed by atoms with Crippen molar-refractivity contribution in [3.8, 4) is 0 Å². The molecule has 1 N–H and O–H groups in total. The molecular weight excluding hydrogens is 278 g/mol. The van der Waals surface area contributed by atoms with E-state index in [0.717, 1.165) is 6.26 Å². The number of hydrogen-bond donors (Lipinski definition) is 1. The Hall–Kier alpha value is -2.15. The molecule has 1 aromatic heterocycles. The van der Waals surface area contributed by atoms with Crippen LogP contribution in [-0.4, -0.2) is 30.4 Å². The van der Waals surface area contributed by atoms with Crippen molar-refractivity contribution < 1.29 is 13.2 Å². The van der Waals surface area contributed by atoms with Crippen LogP contribution in [0.25, 0.3) is 0 Å². The maximum absolute atomic E-state index is 12.0. The lowest BCUT2D eigenvalue weighted by Gasteiger charge is -2.12. The summed E-state index contributed by atoms with van der Waals surface area (Å²) in [5.74, 6) is -0.221. The van der Waals surface area contributed by atoms with E-state index in [1.165, 1.54) is 12.1 Å².